The summed E-state index contributed by atoms with van der Waals surface area (Å²) < 4.78 is 16.1. The van der Waals surface area contributed by atoms with Gasteiger partial charge in [0.05, 0.1) is 32.9 Å². The average Bonchev–Trinajstić information content (AvgIpc) is 3.56. The Labute approximate surface area is 197 Å². The molecule has 1 saturated carbocycles. The van der Waals surface area contributed by atoms with Crippen LogP contribution in [-0.4, -0.2) is 51.8 Å². The molecule has 1 unspecified atom stereocenters. The summed E-state index contributed by atoms with van der Waals surface area (Å²) in [4.78, 5) is 38.9. The van der Waals surface area contributed by atoms with Crippen LogP contribution >= 0.6 is 0 Å². The van der Waals surface area contributed by atoms with Gasteiger partial charge in [0, 0.05) is 42.5 Å². The zero-order valence-corrected chi connectivity index (χ0v) is 19.3. The van der Waals surface area contributed by atoms with E-state index in [4.69, 9.17) is 14.2 Å². The summed E-state index contributed by atoms with van der Waals surface area (Å²) in [5.74, 6) is 0.339. The Kier molecular flexibility index (Phi) is 6.76. The molecule has 2 aromatic rings. The second kappa shape index (κ2) is 9.90. The third kappa shape index (κ3) is 5.16. The highest BCUT2D eigenvalue weighted by molar-refractivity contribution is 6.04. The maximum absolute atomic E-state index is 12.8. The van der Waals surface area contributed by atoms with E-state index in [0.717, 1.165) is 12.8 Å². The quantitative estimate of drug-likeness (QED) is 0.548. The molecule has 4 amide bonds. The lowest BCUT2D eigenvalue weighted by Gasteiger charge is -2.20. The summed E-state index contributed by atoms with van der Waals surface area (Å²) >= 11 is 0. The number of nitrogens with one attached hydrogen (secondary N) is 3. The van der Waals surface area contributed by atoms with Crippen molar-refractivity contribution in [3.8, 4) is 17.2 Å². The molecule has 180 valence electrons. The van der Waals surface area contributed by atoms with E-state index in [1.807, 2.05) is 0 Å². The molecule has 10 heteroatoms. The number of methoxy groups -OCH3 is 3. The number of nitrogens with zero attached hydrogens (tertiary/aromatic N) is 1. The number of ether oxygens (including phenoxy) is 3. The van der Waals surface area contributed by atoms with Gasteiger partial charge in [-0.3, -0.25) is 9.59 Å². The molecule has 2 fully saturated rings. The van der Waals surface area contributed by atoms with Gasteiger partial charge in [0.2, 0.25) is 17.6 Å². The fraction of sp³-hybridized carbons (Fsp3) is 0.375. The van der Waals surface area contributed by atoms with Crippen LogP contribution in [0.4, 0.5) is 21.9 Å². The van der Waals surface area contributed by atoms with Gasteiger partial charge in [-0.25, -0.2) is 4.79 Å². The van der Waals surface area contributed by atoms with Crippen LogP contribution in [0.2, 0.25) is 0 Å². The Balaban J connectivity index is 1.39. The van der Waals surface area contributed by atoms with E-state index in [9.17, 15) is 14.4 Å². The number of anilines is 3. The van der Waals surface area contributed by atoms with Gasteiger partial charge >= 0.3 is 6.03 Å². The molecule has 34 heavy (non-hydrogen) atoms. The van der Waals surface area contributed by atoms with E-state index in [2.05, 4.69) is 16.0 Å². The summed E-state index contributed by atoms with van der Waals surface area (Å²) in [5.41, 5.74) is 1.77. The van der Waals surface area contributed by atoms with Crippen LogP contribution in [-0.2, 0) is 9.59 Å². The largest absolute Gasteiger partial charge is 0.493 e. The van der Waals surface area contributed by atoms with Gasteiger partial charge in [0.25, 0.3) is 0 Å². The molecule has 0 radical (unpaired) electrons. The second-order valence-corrected chi connectivity index (χ2v) is 8.23. The van der Waals surface area contributed by atoms with Crippen LogP contribution < -0.4 is 35.1 Å². The first-order valence-electron chi connectivity index (χ1n) is 11.0. The smallest absolute Gasteiger partial charge is 0.319 e. The number of carbonyl (C=O) groups excluding carboxylic acids is 3. The van der Waals surface area contributed by atoms with Gasteiger partial charge in [0.15, 0.2) is 11.5 Å². The van der Waals surface area contributed by atoms with E-state index in [1.165, 1.54) is 21.3 Å². The first-order chi connectivity index (χ1) is 16.4. The van der Waals surface area contributed by atoms with Gasteiger partial charge in [-0.2, -0.15) is 0 Å². The molecule has 1 aliphatic heterocycles. The average molecular weight is 469 g/mol. The molecular formula is C24H28N4O6. The van der Waals surface area contributed by atoms with Crippen molar-refractivity contribution in [3.05, 3.63) is 36.4 Å². The van der Waals surface area contributed by atoms with Crippen molar-refractivity contribution in [2.45, 2.75) is 25.3 Å². The fourth-order valence-electron chi connectivity index (χ4n) is 3.82. The van der Waals surface area contributed by atoms with Crippen LogP contribution in [0.3, 0.4) is 0 Å². The van der Waals surface area contributed by atoms with Crippen LogP contribution in [0, 0.1) is 5.92 Å². The van der Waals surface area contributed by atoms with E-state index in [-0.39, 0.29) is 36.9 Å². The molecule has 10 nitrogen and oxygen atoms in total. The number of hydrogen-bond donors (Lipinski definition) is 3. The van der Waals surface area contributed by atoms with Gasteiger partial charge in [0.1, 0.15) is 0 Å². The van der Waals surface area contributed by atoms with Gasteiger partial charge < -0.3 is 35.1 Å². The maximum Gasteiger partial charge on any atom is 0.319 e. The maximum atomic E-state index is 12.8. The molecule has 1 heterocycles. The van der Waals surface area contributed by atoms with Gasteiger partial charge in [-0.1, -0.05) is 0 Å². The minimum Gasteiger partial charge on any atom is -0.493 e. The van der Waals surface area contributed by atoms with Gasteiger partial charge in [-0.05, 0) is 37.1 Å². The predicted molar refractivity (Wildman–Crippen MR) is 127 cm³/mol. The Hall–Kier alpha value is -3.95. The second-order valence-electron chi connectivity index (χ2n) is 8.23. The van der Waals surface area contributed by atoms with Crippen LogP contribution in [0.1, 0.15) is 19.3 Å². The van der Waals surface area contributed by atoms with Crippen molar-refractivity contribution in [1.29, 1.82) is 0 Å². The van der Waals surface area contributed by atoms with Crippen molar-refractivity contribution >= 4 is 34.9 Å². The summed E-state index contributed by atoms with van der Waals surface area (Å²) in [6.45, 7) is 0.226. The third-order valence-corrected chi connectivity index (χ3v) is 5.78. The van der Waals surface area contributed by atoms with Crippen LogP contribution in [0.15, 0.2) is 36.4 Å². The van der Waals surface area contributed by atoms with Crippen molar-refractivity contribution in [3.63, 3.8) is 0 Å². The Morgan fingerprint density at radius 1 is 0.912 bits per heavy atom. The Morgan fingerprint density at radius 3 is 2.03 bits per heavy atom. The minimum atomic E-state index is -0.520. The molecule has 0 aromatic heterocycles. The predicted octanol–water partition coefficient (Wildman–Crippen LogP) is 2.99. The number of amides is 4. The standard InChI is InChI=1S/C24H28N4O6/c1-32-19-11-18(12-20(33-2)22(19)34-3)28-13-14(10-21(28)29)23(30)25-15-4-6-16(7-5-15)26-24(31)27-17-8-9-17/h4-7,11-12,14,17H,8-10,13H2,1-3H3,(H,25,30)(H2,26,27,31). The fourth-order valence-corrected chi connectivity index (χ4v) is 3.82. The molecule has 0 spiro atoms. The van der Waals surface area contributed by atoms with E-state index in [1.54, 1.807) is 41.3 Å². The molecule has 2 aromatic carbocycles. The summed E-state index contributed by atoms with van der Waals surface area (Å²) in [6.07, 6.45) is 2.11. The summed E-state index contributed by atoms with van der Waals surface area (Å²) in [6, 6.07) is 10.2. The van der Waals surface area contributed by atoms with E-state index < -0.39 is 5.92 Å². The molecule has 0 bridgehead atoms. The molecule has 2 aliphatic rings. The first kappa shape index (κ1) is 23.2. The third-order valence-electron chi connectivity index (χ3n) is 5.78. The molecule has 1 saturated heterocycles. The lowest BCUT2D eigenvalue weighted by molar-refractivity contribution is -0.122. The lowest BCUT2D eigenvalue weighted by atomic mass is 10.1. The molecule has 3 N–H and O–H groups in total. The van der Waals surface area contributed by atoms with E-state index in [0.29, 0.717) is 34.3 Å². The number of hydrogen-bond acceptors (Lipinski definition) is 6. The number of benzene rings is 2. The molecule has 4 rings (SSSR count). The highest BCUT2D eigenvalue weighted by Crippen LogP contribution is 2.42. The topological polar surface area (TPSA) is 118 Å². The van der Waals surface area contributed by atoms with E-state index >= 15 is 0 Å². The Bertz CT molecular complexity index is 1060. The van der Waals surface area contributed by atoms with Crippen LogP contribution in [0.25, 0.3) is 0 Å². The number of rotatable bonds is 8. The summed E-state index contributed by atoms with van der Waals surface area (Å²) in [7, 11) is 4.51. The molecule has 1 atom stereocenters. The highest BCUT2D eigenvalue weighted by atomic mass is 16.5. The van der Waals surface area contributed by atoms with Crippen molar-refractivity contribution < 1.29 is 28.6 Å². The summed E-state index contributed by atoms with van der Waals surface area (Å²) in [5, 5.41) is 8.46. The highest BCUT2D eigenvalue weighted by Gasteiger charge is 2.36. The monoisotopic (exact) mass is 468 g/mol. The van der Waals surface area contributed by atoms with Crippen molar-refractivity contribution in [2.75, 3.05) is 43.4 Å². The SMILES string of the molecule is COc1cc(N2CC(C(=O)Nc3ccc(NC(=O)NC4CC4)cc3)CC2=O)cc(OC)c1OC. The zero-order chi connectivity index (χ0) is 24.2. The lowest BCUT2D eigenvalue weighted by Crippen LogP contribution is -2.30. The van der Waals surface area contributed by atoms with Crippen molar-refractivity contribution in [2.24, 2.45) is 5.92 Å². The normalized spacial score (nSPS) is 17.2. The van der Waals surface area contributed by atoms with Crippen molar-refractivity contribution in [1.82, 2.24) is 5.32 Å². The number of carbonyl (C=O) groups is 3. The molecule has 1 aliphatic carbocycles. The zero-order valence-electron chi connectivity index (χ0n) is 19.3. The number of urea groups is 1. The Morgan fingerprint density at radius 2 is 1.50 bits per heavy atom. The van der Waals surface area contributed by atoms with Crippen LogP contribution in [0.5, 0.6) is 17.2 Å². The molecular weight excluding hydrogens is 440 g/mol. The first-order valence-corrected chi connectivity index (χ1v) is 11.0. The minimum absolute atomic E-state index is 0.0868. The van der Waals surface area contributed by atoms with Gasteiger partial charge in [-0.15, -0.1) is 0 Å².